The fourth-order valence-electron chi connectivity index (χ4n) is 4.53. The largest absolute Gasteiger partial charge is 0.491 e. The molecule has 0 bridgehead atoms. The number of nitrogens with zero attached hydrogens (tertiary/aromatic N) is 1. The standard InChI is InChI=1S/C23H30ClN3O7S2/c24-17-3-1-6-22(11-17)36(31,32)27-9-7-23(8-10-27)13-18(15-34-23)26-14-19(28)16-33-20-4-2-5-21(12-20)35(25,29)30/h1-6,11-12,18-19,26,28H,7-10,13-16H2,(H2,25,29,30)/t18?,19-/m0/s1. The van der Waals surface area contributed by atoms with E-state index in [1.165, 1.54) is 28.6 Å². The highest BCUT2D eigenvalue weighted by atomic mass is 35.5. The minimum absolute atomic E-state index is 0.0152. The van der Waals surface area contributed by atoms with E-state index in [1.54, 1.807) is 24.3 Å². The third-order valence-electron chi connectivity index (χ3n) is 6.50. The van der Waals surface area contributed by atoms with Crippen LogP contribution >= 0.6 is 11.6 Å². The molecule has 1 unspecified atom stereocenters. The fourth-order valence-corrected chi connectivity index (χ4v) is 6.82. The van der Waals surface area contributed by atoms with Gasteiger partial charge in [0, 0.05) is 36.8 Å². The highest BCUT2D eigenvalue weighted by Gasteiger charge is 2.44. The van der Waals surface area contributed by atoms with Gasteiger partial charge in [-0.1, -0.05) is 23.7 Å². The number of hydrogen-bond acceptors (Lipinski definition) is 8. The summed E-state index contributed by atoms with van der Waals surface area (Å²) in [5, 5.41) is 19.1. The molecular formula is C23H30ClN3O7S2. The van der Waals surface area contributed by atoms with Crippen molar-refractivity contribution < 1.29 is 31.4 Å². The second-order valence-corrected chi connectivity index (χ2v) is 13.1. The summed E-state index contributed by atoms with van der Waals surface area (Å²) in [6, 6.07) is 12.1. The summed E-state index contributed by atoms with van der Waals surface area (Å²) < 4.78 is 61.9. The van der Waals surface area contributed by atoms with E-state index in [-0.39, 0.29) is 29.0 Å². The minimum Gasteiger partial charge on any atom is -0.491 e. The van der Waals surface area contributed by atoms with Crippen molar-refractivity contribution in [1.82, 2.24) is 9.62 Å². The highest BCUT2D eigenvalue weighted by molar-refractivity contribution is 7.89. The molecule has 2 atom stereocenters. The summed E-state index contributed by atoms with van der Waals surface area (Å²) in [4.78, 5) is 0.123. The molecule has 36 heavy (non-hydrogen) atoms. The number of benzene rings is 2. The van der Waals surface area contributed by atoms with E-state index in [2.05, 4.69) is 5.32 Å². The zero-order chi connectivity index (χ0) is 26.0. The van der Waals surface area contributed by atoms with Crippen molar-refractivity contribution in [3.8, 4) is 5.75 Å². The lowest BCUT2D eigenvalue weighted by Gasteiger charge is -2.38. The van der Waals surface area contributed by atoms with E-state index in [1.807, 2.05) is 0 Å². The van der Waals surface area contributed by atoms with Gasteiger partial charge in [0.15, 0.2) is 0 Å². The Kier molecular flexibility index (Phi) is 8.27. The number of nitrogens with one attached hydrogen (secondary N) is 1. The van der Waals surface area contributed by atoms with E-state index in [0.717, 1.165) is 0 Å². The van der Waals surface area contributed by atoms with Gasteiger partial charge >= 0.3 is 0 Å². The van der Waals surface area contributed by atoms with Crippen molar-refractivity contribution in [1.29, 1.82) is 0 Å². The van der Waals surface area contributed by atoms with Gasteiger partial charge in [-0.3, -0.25) is 0 Å². The Balaban J connectivity index is 1.23. The maximum Gasteiger partial charge on any atom is 0.243 e. The summed E-state index contributed by atoms with van der Waals surface area (Å²) in [5.41, 5.74) is -0.395. The summed E-state index contributed by atoms with van der Waals surface area (Å²) in [6.45, 7) is 1.40. The monoisotopic (exact) mass is 559 g/mol. The van der Waals surface area contributed by atoms with E-state index in [4.69, 9.17) is 26.2 Å². The lowest BCUT2D eigenvalue weighted by atomic mass is 9.88. The number of ether oxygens (including phenoxy) is 2. The second-order valence-electron chi connectivity index (χ2n) is 9.15. The van der Waals surface area contributed by atoms with Crippen LogP contribution in [0.3, 0.4) is 0 Å². The molecule has 0 amide bonds. The van der Waals surface area contributed by atoms with Crippen LogP contribution in [-0.2, 0) is 24.8 Å². The third kappa shape index (κ3) is 6.56. The van der Waals surface area contributed by atoms with Crippen LogP contribution < -0.4 is 15.2 Å². The Labute approximate surface area is 216 Å². The molecule has 4 rings (SSSR count). The number of piperidine rings is 1. The quantitative estimate of drug-likeness (QED) is 0.417. The van der Waals surface area contributed by atoms with Gasteiger partial charge < -0.3 is 19.9 Å². The zero-order valence-electron chi connectivity index (χ0n) is 19.5. The van der Waals surface area contributed by atoms with Crippen LogP contribution in [0.15, 0.2) is 58.3 Å². The first-order valence-electron chi connectivity index (χ1n) is 11.5. The maximum absolute atomic E-state index is 13.0. The molecule has 0 saturated carbocycles. The molecule has 0 aromatic heterocycles. The summed E-state index contributed by atoms with van der Waals surface area (Å²) in [7, 11) is -7.45. The first-order chi connectivity index (χ1) is 17.0. The molecule has 2 aliphatic heterocycles. The summed E-state index contributed by atoms with van der Waals surface area (Å²) in [6.07, 6.45) is 1.04. The van der Waals surface area contributed by atoms with Gasteiger partial charge in [0.25, 0.3) is 0 Å². The minimum atomic E-state index is -3.84. The third-order valence-corrected chi connectivity index (χ3v) is 9.54. The Hall–Kier alpha value is -1.77. The number of aliphatic hydroxyl groups is 1. The molecular weight excluding hydrogens is 530 g/mol. The second kappa shape index (κ2) is 10.9. The van der Waals surface area contributed by atoms with E-state index in [0.29, 0.717) is 49.7 Å². The topological polar surface area (TPSA) is 148 Å². The fraction of sp³-hybridized carbons (Fsp3) is 0.478. The van der Waals surface area contributed by atoms with Crippen molar-refractivity contribution in [3.05, 3.63) is 53.6 Å². The van der Waals surface area contributed by atoms with Gasteiger partial charge in [-0.15, -0.1) is 0 Å². The molecule has 2 aromatic rings. The molecule has 0 radical (unpaired) electrons. The number of primary sulfonamides is 1. The Morgan fingerprint density at radius 1 is 1.14 bits per heavy atom. The van der Waals surface area contributed by atoms with Crippen molar-refractivity contribution in [3.63, 3.8) is 0 Å². The molecule has 10 nitrogen and oxygen atoms in total. The van der Waals surface area contributed by atoms with Gasteiger partial charge in [-0.05, 0) is 49.6 Å². The molecule has 4 N–H and O–H groups in total. The molecule has 1 spiro atoms. The number of hydrogen-bond donors (Lipinski definition) is 3. The number of sulfonamides is 2. The Bertz CT molecular complexity index is 1280. The predicted octanol–water partition coefficient (Wildman–Crippen LogP) is 1.33. The maximum atomic E-state index is 13.0. The summed E-state index contributed by atoms with van der Waals surface area (Å²) in [5.74, 6) is 0.295. The van der Waals surface area contributed by atoms with Gasteiger partial charge in [-0.2, -0.15) is 4.31 Å². The van der Waals surface area contributed by atoms with Crippen LogP contribution in [0.25, 0.3) is 0 Å². The number of aliphatic hydroxyl groups excluding tert-OH is 1. The van der Waals surface area contributed by atoms with Crippen LogP contribution in [0.1, 0.15) is 19.3 Å². The molecule has 0 aliphatic carbocycles. The van der Waals surface area contributed by atoms with Crippen LogP contribution in [0.4, 0.5) is 0 Å². The predicted molar refractivity (Wildman–Crippen MR) is 134 cm³/mol. The SMILES string of the molecule is NS(=O)(=O)c1cccc(OC[C@@H](O)CNC2COC3(CCN(S(=O)(=O)c4cccc(Cl)c4)CC3)C2)c1. The average Bonchev–Trinajstić information content (AvgIpc) is 3.23. The van der Waals surface area contributed by atoms with Crippen LogP contribution in [0, 0.1) is 0 Å². The van der Waals surface area contributed by atoms with E-state index < -0.39 is 31.8 Å². The Morgan fingerprint density at radius 3 is 2.53 bits per heavy atom. The van der Waals surface area contributed by atoms with Crippen LogP contribution in [-0.4, -0.2) is 76.8 Å². The van der Waals surface area contributed by atoms with Crippen molar-refractivity contribution in [2.24, 2.45) is 5.14 Å². The normalized spacial score (nSPS) is 21.5. The lowest BCUT2D eigenvalue weighted by molar-refractivity contribution is -0.0312. The van der Waals surface area contributed by atoms with Crippen molar-refractivity contribution in [2.45, 2.75) is 46.8 Å². The smallest absolute Gasteiger partial charge is 0.243 e. The molecule has 13 heteroatoms. The van der Waals surface area contributed by atoms with Gasteiger partial charge in [0.05, 0.1) is 22.0 Å². The first kappa shape index (κ1) is 27.3. The summed E-state index contributed by atoms with van der Waals surface area (Å²) >= 11 is 5.97. The van der Waals surface area contributed by atoms with E-state index in [9.17, 15) is 21.9 Å². The zero-order valence-corrected chi connectivity index (χ0v) is 21.9. The molecule has 2 heterocycles. The lowest BCUT2D eigenvalue weighted by Crippen LogP contribution is -2.47. The molecule has 2 saturated heterocycles. The van der Waals surface area contributed by atoms with Gasteiger partial charge in [0.2, 0.25) is 20.0 Å². The van der Waals surface area contributed by atoms with Gasteiger partial charge in [0.1, 0.15) is 18.5 Å². The van der Waals surface area contributed by atoms with Gasteiger partial charge in [-0.25, -0.2) is 22.0 Å². The highest BCUT2D eigenvalue weighted by Crippen LogP contribution is 2.37. The molecule has 198 valence electrons. The molecule has 2 aromatic carbocycles. The number of nitrogens with two attached hydrogens (primary N) is 1. The van der Waals surface area contributed by atoms with E-state index >= 15 is 0 Å². The van der Waals surface area contributed by atoms with Crippen molar-refractivity contribution in [2.75, 3.05) is 32.8 Å². The molecule has 2 aliphatic rings. The molecule has 2 fully saturated rings. The van der Waals surface area contributed by atoms with Crippen LogP contribution in [0.2, 0.25) is 5.02 Å². The number of halogens is 1. The van der Waals surface area contributed by atoms with Crippen molar-refractivity contribution >= 4 is 31.6 Å². The van der Waals surface area contributed by atoms with Crippen LogP contribution in [0.5, 0.6) is 5.75 Å². The Morgan fingerprint density at radius 2 is 1.83 bits per heavy atom. The average molecular weight is 560 g/mol. The number of rotatable bonds is 9. The first-order valence-corrected chi connectivity index (χ1v) is 14.9.